The van der Waals surface area contributed by atoms with Crippen LogP contribution in [0.5, 0.6) is 5.75 Å². The van der Waals surface area contributed by atoms with Gasteiger partial charge in [-0.05, 0) is 11.6 Å². The fourth-order valence-corrected chi connectivity index (χ4v) is 1.92. The zero-order valence-electron chi connectivity index (χ0n) is 11.0. The fraction of sp³-hybridized carbons (Fsp3) is 0.500. The van der Waals surface area contributed by atoms with E-state index in [1.54, 1.807) is 0 Å². The van der Waals surface area contributed by atoms with Crippen LogP contribution in [-0.4, -0.2) is 36.9 Å². The van der Waals surface area contributed by atoms with Crippen LogP contribution in [0.25, 0.3) is 0 Å². The Morgan fingerprint density at radius 2 is 2.21 bits per heavy atom. The average Bonchev–Trinajstić information content (AvgIpc) is 2.35. The van der Waals surface area contributed by atoms with E-state index in [0.717, 1.165) is 5.56 Å². The van der Waals surface area contributed by atoms with E-state index in [1.807, 2.05) is 24.3 Å². The maximum Gasteiger partial charge on any atom is 0.320 e. The van der Waals surface area contributed by atoms with Crippen molar-refractivity contribution < 1.29 is 19.4 Å². The lowest BCUT2D eigenvalue weighted by Gasteiger charge is -2.37. The Morgan fingerprint density at radius 1 is 1.53 bits per heavy atom. The smallest absolute Gasteiger partial charge is 0.320 e. The zero-order valence-corrected chi connectivity index (χ0v) is 11.0. The molecule has 0 amide bonds. The lowest BCUT2D eigenvalue weighted by molar-refractivity contribution is -0.138. The van der Waals surface area contributed by atoms with E-state index >= 15 is 0 Å². The molecule has 0 spiro atoms. The molecule has 1 aliphatic rings. The van der Waals surface area contributed by atoms with E-state index in [9.17, 15) is 4.79 Å². The van der Waals surface area contributed by atoms with E-state index in [-0.39, 0.29) is 11.8 Å². The van der Waals surface area contributed by atoms with Crippen molar-refractivity contribution in [2.45, 2.75) is 19.4 Å². The monoisotopic (exact) mass is 265 g/mol. The van der Waals surface area contributed by atoms with Gasteiger partial charge in [-0.25, -0.2) is 0 Å². The second-order valence-corrected chi connectivity index (χ2v) is 5.35. The molecule has 1 fully saturated rings. The minimum absolute atomic E-state index is 0.0576. The second-order valence-electron chi connectivity index (χ2n) is 5.35. The van der Waals surface area contributed by atoms with Crippen molar-refractivity contribution in [2.75, 3.05) is 19.8 Å². The third-order valence-electron chi connectivity index (χ3n) is 3.21. The Balaban J connectivity index is 2.01. The van der Waals surface area contributed by atoms with Crippen LogP contribution in [0.2, 0.25) is 0 Å². The predicted octanol–water partition coefficient (Wildman–Crippen LogP) is 1.06. The number of nitrogens with two attached hydrogens (primary N) is 1. The second kappa shape index (κ2) is 5.59. The highest BCUT2D eigenvalue weighted by Gasteiger charge is 2.34. The molecule has 1 aliphatic heterocycles. The van der Waals surface area contributed by atoms with Crippen molar-refractivity contribution in [1.29, 1.82) is 0 Å². The Labute approximate surface area is 112 Å². The lowest BCUT2D eigenvalue weighted by atomic mass is 9.90. The topological polar surface area (TPSA) is 81.8 Å². The molecule has 5 nitrogen and oxygen atoms in total. The summed E-state index contributed by atoms with van der Waals surface area (Å²) in [7, 11) is 0. The highest BCUT2D eigenvalue weighted by atomic mass is 16.5. The van der Waals surface area contributed by atoms with Gasteiger partial charge in [-0.15, -0.1) is 0 Å². The van der Waals surface area contributed by atoms with Gasteiger partial charge in [0.1, 0.15) is 11.8 Å². The number of aliphatic carboxylic acids is 1. The summed E-state index contributed by atoms with van der Waals surface area (Å²) in [6.45, 7) is 4.06. The minimum Gasteiger partial charge on any atom is -0.493 e. The molecule has 3 N–H and O–H groups in total. The highest BCUT2D eigenvalue weighted by Crippen LogP contribution is 2.29. The van der Waals surface area contributed by atoms with Crippen molar-refractivity contribution in [1.82, 2.24) is 0 Å². The Morgan fingerprint density at radius 3 is 2.79 bits per heavy atom. The number of carboxylic acids is 1. The first-order valence-electron chi connectivity index (χ1n) is 6.27. The van der Waals surface area contributed by atoms with E-state index in [2.05, 4.69) is 6.92 Å². The molecule has 0 aromatic heterocycles. The van der Waals surface area contributed by atoms with Gasteiger partial charge >= 0.3 is 5.97 Å². The van der Waals surface area contributed by atoms with Crippen molar-refractivity contribution in [3.63, 3.8) is 0 Å². The summed E-state index contributed by atoms with van der Waals surface area (Å²) in [5.41, 5.74) is 6.44. The molecule has 1 atom stereocenters. The molecule has 104 valence electrons. The molecular formula is C14H19NO4. The Kier molecular flexibility index (Phi) is 4.07. The van der Waals surface area contributed by atoms with Crippen molar-refractivity contribution in [3.8, 4) is 5.75 Å². The predicted molar refractivity (Wildman–Crippen MR) is 70.2 cm³/mol. The largest absolute Gasteiger partial charge is 0.493 e. The number of rotatable bonds is 6. The molecule has 0 aliphatic carbocycles. The summed E-state index contributed by atoms with van der Waals surface area (Å²) in [6.07, 6.45) is 0.263. The normalized spacial score (nSPS) is 18.4. The number of carboxylic acid groups (broad SMARTS) is 1. The summed E-state index contributed by atoms with van der Waals surface area (Å²) >= 11 is 0. The third kappa shape index (κ3) is 3.45. The number of hydrogen-bond donors (Lipinski definition) is 2. The first-order valence-corrected chi connectivity index (χ1v) is 6.27. The van der Waals surface area contributed by atoms with Crippen LogP contribution < -0.4 is 10.5 Å². The molecule has 1 heterocycles. The van der Waals surface area contributed by atoms with Gasteiger partial charge in [0.25, 0.3) is 0 Å². The molecule has 2 rings (SSSR count). The quantitative estimate of drug-likeness (QED) is 0.803. The van der Waals surface area contributed by atoms with Crippen LogP contribution >= 0.6 is 0 Å². The first-order chi connectivity index (χ1) is 9.00. The molecular weight excluding hydrogens is 246 g/mol. The lowest BCUT2D eigenvalue weighted by Crippen LogP contribution is -2.44. The van der Waals surface area contributed by atoms with Gasteiger partial charge in [0.15, 0.2) is 0 Å². The van der Waals surface area contributed by atoms with Crippen LogP contribution in [0, 0.1) is 5.41 Å². The van der Waals surface area contributed by atoms with Gasteiger partial charge in [0, 0.05) is 11.8 Å². The van der Waals surface area contributed by atoms with E-state index in [0.29, 0.717) is 25.6 Å². The van der Waals surface area contributed by atoms with Crippen LogP contribution in [0.15, 0.2) is 24.3 Å². The van der Waals surface area contributed by atoms with E-state index in [1.165, 1.54) is 0 Å². The van der Waals surface area contributed by atoms with Gasteiger partial charge in [-0.3, -0.25) is 4.79 Å². The molecule has 5 heteroatoms. The minimum atomic E-state index is -1.01. The Hall–Kier alpha value is -1.59. The number of ether oxygens (including phenoxy) is 2. The summed E-state index contributed by atoms with van der Waals surface area (Å²) in [4.78, 5) is 10.8. The van der Waals surface area contributed by atoms with E-state index < -0.39 is 12.0 Å². The first kappa shape index (κ1) is 13.8. The number of para-hydroxylation sites is 1. The van der Waals surface area contributed by atoms with Gasteiger partial charge < -0.3 is 20.3 Å². The summed E-state index contributed by atoms with van der Waals surface area (Å²) in [5, 5.41) is 8.86. The summed E-state index contributed by atoms with van der Waals surface area (Å²) in [5.74, 6) is -0.304. The van der Waals surface area contributed by atoms with Gasteiger partial charge in [0.05, 0.1) is 19.8 Å². The average molecular weight is 265 g/mol. The molecule has 0 radical (unpaired) electrons. The maximum atomic E-state index is 10.8. The molecule has 0 saturated carbocycles. The van der Waals surface area contributed by atoms with Crippen LogP contribution in [-0.2, 0) is 16.0 Å². The van der Waals surface area contributed by atoms with Gasteiger partial charge in [-0.1, -0.05) is 25.1 Å². The van der Waals surface area contributed by atoms with Crippen LogP contribution in [0.1, 0.15) is 12.5 Å². The SMILES string of the molecule is CC1(COc2ccccc2CC(N)C(=O)O)COC1. The van der Waals surface area contributed by atoms with Gasteiger partial charge in [0.2, 0.25) is 0 Å². The highest BCUT2D eigenvalue weighted by molar-refractivity contribution is 5.73. The fourth-order valence-electron chi connectivity index (χ4n) is 1.92. The van der Waals surface area contributed by atoms with Crippen LogP contribution in [0.3, 0.4) is 0 Å². The van der Waals surface area contributed by atoms with E-state index in [4.69, 9.17) is 20.3 Å². The van der Waals surface area contributed by atoms with Crippen molar-refractivity contribution >= 4 is 5.97 Å². The van der Waals surface area contributed by atoms with Crippen molar-refractivity contribution in [3.05, 3.63) is 29.8 Å². The Bertz CT molecular complexity index is 457. The maximum absolute atomic E-state index is 10.8. The zero-order chi connectivity index (χ0) is 13.9. The third-order valence-corrected chi connectivity index (χ3v) is 3.21. The number of carbonyl (C=O) groups is 1. The molecule has 1 saturated heterocycles. The number of hydrogen-bond acceptors (Lipinski definition) is 4. The molecule has 0 bridgehead atoms. The summed E-state index contributed by atoms with van der Waals surface area (Å²) in [6, 6.07) is 6.49. The van der Waals surface area contributed by atoms with Crippen molar-refractivity contribution in [2.24, 2.45) is 11.1 Å². The molecule has 1 aromatic carbocycles. The standard InChI is InChI=1S/C14H19NO4/c1-14(7-18-8-14)9-19-12-5-3-2-4-10(12)6-11(15)13(16)17/h2-5,11H,6-9,15H2,1H3,(H,16,17). The summed E-state index contributed by atoms with van der Waals surface area (Å²) < 4.78 is 11.0. The molecule has 1 aromatic rings. The van der Waals surface area contributed by atoms with Crippen LogP contribution in [0.4, 0.5) is 0 Å². The van der Waals surface area contributed by atoms with Gasteiger partial charge in [-0.2, -0.15) is 0 Å². The number of benzene rings is 1. The molecule has 19 heavy (non-hydrogen) atoms. The molecule has 1 unspecified atom stereocenters.